The Labute approximate surface area is 164 Å². The van der Waals surface area contributed by atoms with E-state index in [-0.39, 0.29) is 34.9 Å². The van der Waals surface area contributed by atoms with Crippen LogP contribution in [-0.2, 0) is 0 Å². The van der Waals surface area contributed by atoms with E-state index in [0.29, 0.717) is 5.69 Å². The first-order valence-electron chi connectivity index (χ1n) is 9.35. The van der Waals surface area contributed by atoms with Crippen LogP contribution < -0.4 is 15.9 Å². The third-order valence-electron chi connectivity index (χ3n) is 4.85. The molecule has 0 aliphatic heterocycles. The number of urea groups is 1. The molecule has 0 fully saturated rings. The Morgan fingerprint density at radius 2 is 2.04 bits per heavy atom. The second-order valence-corrected chi connectivity index (χ2v) is 7.36. The fraction of sp³-hybridized carbons (Fsp3) is 0.400. The van der Waals surface area contributed by atoms with Gasteiger partial charge in [0.1, 0.15) is 0 Å². The van der Waals surface area contributed by atoms with Gasteiger partial charge in [-0.3, -0.25) is 5.21 Å². The minimum Gasteiger partial charge on any atom is -0.733 e. The highest BCUT2D eigenvalue weighted by Crippen LogP contribution is 2.35. The van der Waals surface area contributed by atoms with E-state index in [1.807, 2.05) is 33.8 Å². The number of anilines is 1. The zero-order valence-corrected chi connectivity index (χ0v) is 16.5. The van der Waals surface area contributed by atoms with E-state index < -0.39 is 0 Å². The van der Waals surface area contributed by atoms with Crippen LogP contribution in [0.25, 0.3) is 5.69 Å². The van der Waals surface area contributed by atoms with Crippen LogP contribution in [0.3, 0.4) is 0 Å². The van der Waals surface area contributed by atoms with Crippen molar-refractivity contribution in [1.82, 2.24) is 20.4 Å². The van der Waals surface area contributed by atoms with Gasteiger partial charge < -0.3 is 21.1 Å². The van der Waals surface area contributed by atoms with Gasteiger partial charge in [-0.1, -0.05) is 24.3 Å². The molecule has 2 amide bonds. The van der Waals surface area contributed by atoms with Gasteiger partial charge in [-0.2, -0.15) is 5.10 Å². The highest BCUT2D eigenvalue weighted by Gasteiger charge is 2.27. The molecule has 1 aromatic heterocycles. The third-order valence-corrected chi connectivity index (χ3v) is 4.85. The van der Waals surface area contributed by atoms with Crippen LogP contribution >= 0.6 is 0 Å². The second kappa shape index (κ2) is 8.04. The molecule has 0 unspecified atom stereocenters. The Balaban J connectivity index is 1.83. The van der Waals surface area contributed by atoms with Crippen molar-refractivity contribution in [2.24, 2.45) is 0 Å². The van der Waals surface area contributed by atoms with Crippen LogP contribution in [0.4, 0.5) is 10.5 Å². The predicted molar refractivity (Wildman–Crippen MR) is 108 cm³/mol. The molecule has 150 valence electrons. The molecule has 0 radical (unpaired) electrons. The lowest BCUT2D eigenvalue weighted by Crippen LogP contribution is -2.43. The molecule has 1 aliphatic rings. The van der Waals surface area contributed by atoms with Crippen molar-refractivity contribution in [2.45, 2.75) is 52.1 Å². The monoisotopic (exact) mass is 384 g/mol. The summed E-state index contributed by atoms with van der Waals surface area (Å²) >= 11 is 0. The highest BCUT2D eigenvalue weighted by atomic mass is 16.8. The molecule has 8 heteroatoms. The third kappa shape index (κ3) is 4.02. The average Bonchev–Trinajstić information content (AvgIpc) is 3.17. The summed E-state index contributed by atoms with van der Waals surface area (Å²) in [6.45, 7) is 7.70. The fourth-order valence-corrected chi connectivity index (χ4v) is 3.72. The molecule has 3 N–H and O–H groups in total. The molecule has 1 aromatic carbocycles. The van der Waals surface area contributed by atoms with Crippen LogP contribution in [0, 0.1) is 19.1 Å². The molecule has 2 aromatic rings. The summed E-state index contributed by atoms with van der Waals surface area (Å²) in [5, 5.41) is 31.2. The number of carbonyl (C=O) groups excluding carboxylic acids is 1. The molecule has 2 atom stereocenters. The number of aryl methyl sites for hydroxylation is 1. The van der Waals surface area contributed by atoms with Crippen LogP contribution in [-0.4, -0.2) is 33.1 Å². The normalized spacial score (nSPS) is 18.5. The van der Waals surface area contributed by atoms with Gasteiger partial charge in [0.15, 0.2) is 0 Å². The van der Waals surface area contributed by atoms with Gasteiger partial charge in [-0.25, -0.2) is 9.48 Å². The SMILES string of the molecule is Cc1nn(-c2ccccc2N([O-])O)c(C)c1[C@H]1C=C[C@@H](NC(=O)NC(C)C)C1. The average molecular weight is 384 g/mol. The van der Waals surface area contributed by atoms with Crippen molar-refractivity contribution in [2.75, 3.05) is 5.23 Å². The van der Waals surface area contributed by atoms with E-state index in [2.05, 4.69) is 21.8 Å². The zero-order chi connectivity index (χ0) is 20.4. The van der Waals surface area contributed by atoms with Crippen molar-refractivity contribution in [1.29, 1.82) is 0 Å². The minimum absolute atomic E-state index is 0.0484. The van der Waals surface area contributed by atoms with Crippen molar-refractivity contribution in [3.05, 3.63) is 58.6 Å². The first-order chi connectivity index (χ1) is 13.3. The van der Waals surface area contributed by atoms with Gasteiger partial charge >= 0.3 is 6.03 Å². The van der Waals surface area contributed by atoms with Crippen molar-refractivity contribution < 1.29 is 10.0 Å². The lowest BCUT2D eigenvalue weighted by Gasteiger charge is -2.24. The van der Waals surface area contributed by atoms with Crippen LogP contribution in [0.5, 0.6) is 0 Å². The fourth-order valence-electron chi connectivity index (χ4n) is 3.72. The highest BCUT2D eigenvalue weighted by molar-refractivity contribution is 5.74. The van der Waals surface area contributed by atoms with Crippen LogP contribution in [0.1, 0.15) is 43.1 Å². The first kappa shape index (κ1) is 19.9. The number of nitrogens with zero attached hydrogens (tertiary/aromatic N) is 3. The number of allylic oxidation sites excluding steroid dienone is 1. The van der Waals surface area contributed by atoms with Crippen LogP contribution in [0.2, 0.25) is 0 Å². The molecule has 0 bridgehead atoms. The number of nitrogens with one attached hydrogen (secondary N) is 2. The number of aromatic nitrogens is 2. The summed E-state index contributed by atoms with van der Waals surface area (Å²) in [6.07, 6.45) is 4.83. The molecule has 0 saturated heterocycles. The van der Waals surface area contributed by atoms with Crippen molar-refractivity contribution in [3.8, 4) is 5.69 Å². The van der Waals surface area contributed by atoms with Gasteiger partial charge in [0.05, 0.1) is 17.1 Å². The Hall–Kier alpha value is -2.84. The summed E-state index contributed by atoms with van der Waals surface area (Å²) in [5.74, 6) is 0.114. The number of amides is 2. The Kier molecular flexibility index (Phi) is 5.71. The quantitative estimate of drug-likeness (QED) is 0.542. The van der Waals surface area contributed by atoms with E-state index in [1.165, 1.54) is 0 Å². The molecule has 3 rings (SSSR count). The van der Waals surface area contributed by atoms with E-state index in [1.54, 1.807) is 28.9 Å². The summed E-state index contributed by atoms with van der Waals surface area (Å²) in [6, 6.07) is 6.61. The maximum absolute atomic E-state index is 11.9. The van der Waals surface area contributed by atoms with Gasteiger partial charge in [-0.05, 0) is 46.2 Å². The molecule has 1 heterocycles. The largest absolute Gasteiger partial charge is 0.733 e. The predicted octanol–water partition coefficient (Wildman–Crippen LogP) is 3.30. The topological polar surface area (TPSA) is 105 Å². The molecular formula is C20H26N5O3-. The van der Waals surface area contributed by atoms with Crippen molar-refractivity contribution in [3.63, 3.8) is 0 Å². The first-order valence-corrected chi connectivity index (χ1v) is 9.35. The molecule has 28 heavy (non-hydrogen) atoms. The van der Waals surface area contributed by atoms with Crippen molar-refractivity contribution >= 4 is 11.7 Å². The number of para-hydroxylation sites is 2. The number of hydrogen-bond acceptors (Lipinski definition) is 5. The summed E-state index contributed by atoms with van der Waals surface area (Å²) in [5.41, 5.74) is 3.46. The second-order valence-electron chi connectivity index (χ2n) is 7.36. The van der Waals surface area contributed by atoms with Gasteiger partial charge in [0.25, 0.3) is 0 Å². The lowest BCUT2D eigenvalue weighted by atomic mass is 9.96. The minimum atomic E-state index is -0.179. The summed E-state index contributed by atoms with van der Waals surface area (Å²) in [7, 11) is 0. The van der Waals surface area contributed by atoms with E-state index in [4.69, 9.17) is 0 Å². The molecular weight excluding hydrogens is 358 g/mol. The number of hydrogen-bond donors (Lipinski definition) is 3. The maximum atomic E-state index is 11.9. The Morgan fingerprint density at radius 1 is 1.32 bits per heavy atom. The number of rotatable bonds is 5. The van der Waals surface area contributed by atoms with Gasteiger partial charge in [0, 0.05) is 29.3 Å². The van der Waals surface area contributed by atoms with E-state index in [9.17, 15) is 15.2 Å². The lowest BCUT2D eigenvalue weighted by molar-refractivity contribution is 0.236. The number of carbonyl (C=O) groups is 1. The Morgan fingerprint density at radius 3 is 2.71 bits per heavy atom. The molecule has 0 spiro atoms. The van der Waals surface area contributed by atoms with E-state index >= 15 is 0 Å². The molecule has 1 aliphatic carbocycles. The maximum Gasteiger partial charge on any atom is 0.315 e. The van der Waals surface area contributed by atoms with Gasteiger partial charge in [-0.15, -0.1) is 0 Å². The summed E-state index contributed by atoms with van der Waals surface area (Å²) in [4.78, 5) is 11.9. The van der Waals surface area contributed by atoms with E-state index in [0.717, 1.165) is 23.4 Å². The Bertz CT molecular complexity index is 888. The van der Waals surface area contributed by atoms with Gasteiger partial charge in [0.2, 0.25) is 0 Å². The summed E-state index contributed by atoms with van der Waals surface area (Å²) < 4.78 is 1.68. The zero-order valence-electron chi connectivity index (χ0n) is 16.5. The number of benzene rings is 1. The van der Waals surface area contributed by atoms with Crippen LogP contribution in [0.15, 0.2) is 36.4 Å². The molecule has 8 nitrogen and oxygen atoms in total. The smallest absolute Gasteiger partial charge is 0.315 e. The standard InChI is InChI=1S/C20H26N5O3/c1-12(2)21-20(26)22-16-10-9-15(11-16)19-13(3)23-24(14(19)4)17-7-5-6-8-18(17)25(27)28/h5-10,12,15-16,27H,11H2,1-4H3,(H2,21,22,26)/q-1/t15-,16+/m0/s1. The molecule has 0 saturated carbocycles.